The number of hydrogen-bond acceptors (Lipinski definition) is 3. The highest BCUT2D eigenvalue weighted by molar-refractivity contribution is 9.10. The molecule has 0 saturated heterocycles. The Morgan fingerprint density at radius 2 is 2.08 bits per heavy atom. The van der Waals surface area contributed by atoms with Gasteiger partial charge in [-0.1, -0.05) is 45.5 Å². The van der Waals surface area contributed by atoms with E-state index in [9.17, 15) is 4.79 Å². The summed E-state index contributed by atoms with van der Waals surface area (Å²) >= 11 is 4.98. The second kappa shape index (κ2) is 6.03. The molecule has 0 bridgehead atoms. The first-order chi connectivity index (χ1) is 11.7. The van der Waals surface area contributed by atoms with Crippen LogP contribution in [0.1, 0.15) is 17.5 Å². The first-order valence-electron chi connectivity index (χ1n) is 7.52. The number of thiazole rings is 1. The molecule has 2 aromatic carbocycles. The number of fused-ring (bicyclic) bond motifs is 2. The van der Waals surface area contributed by atoms with Gasteiger partial charge in [0.05, 0.1) is 10.2 Å². The highest BCUT2D eigenvalue weighted by Crippen LogP contribution is 2.23. The van der Waals surface area contributed by atoms with E-state index in [0.717, 1.165) is 26.6 Å². The third-order valence-corrected chi connectivity index (χ3v) is 5.33. The van der Waals surface area contributed by atoms with Gasteiger partial charge in [-0.25, -0.2) is 0 Å². The van der Waals surface area contributed by atoms with E-state index in [0.29, 0.717) is 10.4 Å². The molecule has 1 amide bonds. The fraction of sp³-hybridized carbons (Fsp3) is 0.111. The van der Waals surface area contributed by atoms with Crippen LogP contribution in [-0.4, -0.2) is 10.5 Å². The maximum absolute atomic E-state index is 12.5. The van der Waals surface area contributed by atoms with Crippen LogP contribution in [0.25, 0.3) is 21.2 Å². The van der Waals surface area contributed by atoms with Crippen molar-refractivity contribution < 1.29 is 9.21 Å². The summed E-state index contributed by atoms with van der Waals surface area (Å²) in [5.41, 5.74) is 1.77. The van der Waals surface area contributed by atoms with E-state index in [1.54, 1.807) is 6.07 Å². The minimum atomic E-state index is -0.362. The molecule has 120 valence electrons. The number of aryl methyl sites for hydroxylation is 1. The normalized spacial score (nSPS) is 12.3. The van der Waals surface area contributed by atoms with E-state index in [1.165, 1.54) is 11.3 Å². The zero-order chi connectivity index (χ0) is 16.7. The first kappa shape index (κ1) is 15.4. The molecule has 6 heteroatoms. The molecule has 24 heavy (non-hydrogen) atoms. The van der Waals surface area contributed by atoms with Gasteiger partial charge in [0.1, 0.15) is 5.58 Å². The predicted molar refractivity (Wildman–Crippen MR) is 99.3 cm³/mol. The number of nitrogens with zero attached hydrogens (tertiary/aromatic N) is 2. The van der Waals surface area contributed by atoms with Crippen molar-refractivity contribution in [2.45, 2.75) is 13.5 Å². The van der Waals surface area contributed by atoms with Gasteiger partial charge in [-0.3, -0.25) is 4.79 Å². The topological polar surface area (TPSA) is 47.5 Å². The third kappa shape index (κ3) is 2.61. The van der Waals surface area contributed by atoms with Crippen LogP contribution < -0.4 is 4.80 Å². The highest BCUT2D eigenvalue weighted by atomic mass is 79.9. The molecule has 0 aliphatic heterocycles. The number of carbonyl (C=O) groups excluding carboxylic acids is 1. The zero-order valence-electron chi connectivity index (χ0n) is 12.8. The Balaban J connectivity index is 1.84. The van der Waals surface area contributed by atoms with Crippen LogP contribution in [-0.2, 0) is 6.54 Å². The number of hydrogen-bond donors (Lipinski definition) is 0. The Morgan fingerprint density at radius 3 is 2.88 bits per heavy atom. The summed E-state index contributed by atoms with van der Waals surface area (Å²) in [5, 5.41) is 0.902. The number of amides is 1. The number of para-hydroxylation sites is 1. The van der Waals surface area contributed by atoms with E-state index in [4.69, 9.17) is 4.42 Å². The van der Waals surface area contributed by atoms with Crippen molar-refractivity contribution >= 4 is 54.4 Å². The van der Waals surface area contributed by atoms with Crippen LogP contribution in [0.2, 0.25) is 0 Å². The SMILES string of the molecule is CCn1c(=NC(=O)c2cc3ccccc3o2)sc2cc(Br)ccc21. The fourth-order valence-electron chi connectivity index (χ4n) is 2.67. The summed E-state index contributed by atoms with van der Waals surface area (Å²) in [6.07, 6.45) is 0. The number of carbonyl (C=O) groups is 1. The van der Waals surface area contributed by atoms with Crippen molar-refractivity contribution in [3.8, 4) is 0 Å². The molecule has 0 radical (unpaired) electrons. The predicted octanol–water partition coefficient (Wildman–Crippen LogP) is 4.97. The van der Waals surface area contributed by atoms with E-state index in [1.807, 2.05) is 54.0 Å². The molecule has 0 aliphatic carbocycles. The maximum atomic E-state index is 12.5. The van der Waals surface area contributed by atoms with Crippen LogP contribution in [0, 0.1) is 0 Å². The van der Waals surface area contributed by atoms with Crippen LogP contribution in [0.4, 0.5) is 0 Å². The monoisotopic (exact) mass is 400 g/mol. The number of furan rings is 1. The van der Waals surface area contributed by atoms with Crippen molar-refractivity contribution in [1.82, 2.24) is 4.57 Å². The molecule has 0 atom stereocenters. The van der Waals surface area contributed by atoms with E-state index < -0.39 is 0 Å². The van der Waals surface area contributed by atoms with E-state index >= 15 is 0 Å². The summed E-state index contributed by atoms with van der Waals surface area (Å²) in [5.74, 6) is -0.100. The van der Waals surface area contributed by atoms with E-state index in [2.05, 4.69) is 20.9 Å². The summed E-state index contributed by atoms with van der Waals surface area (Å²) in [6.45, 7) is 2.78. The third-order valence-electron chi connectivity index (χ3n) is 3.79. The lowest BCUT2D eigenvalue weighted by Crippen LogP contribution is -2.15. The van der Waals surface area contributed by atoms with E-state index in [-0.39, 0.29) is 11.7 Å². The Labute approximate surface area is 150 Å². The van der Waals surface area contributed by atoms with Crippen LogP contribution in [0.3, 0.4) is 0 Å². The van der Waals surface area contributed by atoms with Crippen molar-refractivity contribution in [1.29, 1.82) is 0 Å². The van der Waals surface area contributed by atoms with Gasteiger partial charge in [-0.05, 0) is 37.3 Å². The fourth-order valence-corrected chi connectivity index (χ4v) is 4.31. The lowest BCUT2D eigenvalue weighted by atomic mass is 10.2. The molecule has 0 aliphatic rings. The van der Waals surface area contributed by atoms with Gasteiger partial charge in [-0.15, -0.1) is 0 Å². The standard InChI is InChI=1S/C18H13BrN2O2S/c1-2-21-13-8-7-12(19)10-16(13)24-18(21)20-17(22)15-9-11-5-3-4-6-14(11)23-15/h3-10H,2H2,1H3. The Morgan fingerprint density at radius 1 is 1.25 bits per heavy atom. The lowest BCUT2D eigenvalue weighted by molar-refractivity contribution is 0.0973. The number of aromatic nitrogens is 1. The molecule has 0 saturated carbocycles. The van der Waals surface area contributed by atoms with Gasteiger partial charge in [0.2, 0.25) is 0 Å². The van der Waals surface area contributed by atoms with Crippen LogP contribution in [0.15, 0.2) is 62.4 Å². The molecule has 0 unspecified atom stereocenters. The summed E-state index contributed by atoms with van der Waals surface area (Å²) in [6, 6.07) is 15.4. The van der Waals surface area contributed by atoms with Crippen molar-refractivity contribution in [3.05, 3.63) is 63.6 Å². The minimum Gasteiger partial charge on any atom is -0.451 e. The maximum Gasteiger partial charge on any atom is 0.315 e. The van der Waals surface area contributed by atoms with Gasteiger partial charge in [0.15, 0.2) is 10.6 Å². The number of halogens is 1. The molecule has 0 N–H and O–H groups in total. The Hall–Kier alpha value is -2.18. The highest BCUT2D eigenvalue weighted by Gasteiger charge is 2.13. The van der Waals surface area contributed by atoms with Crippen LogP contribution >= 0.6 is 27.3 Å². The van der Waals surface area contributed by atoms with Crippen LogP contribution in [0.5, 0.6) is 0 Å². The van der Waals surface area contributed by atoms with Crippen molar-refractivity contribution in [2.75, 3.05) is 0 Å². The van der Waals surface area contributed by atoms with Crippen molar-refractivity contribution in [3.63, 3.8) is 0 Å². The molecule has 4 rings (SSSR count). The molecule has 0 spiro atoms. The number of rotatable bonds is 2. The Kier molecular flexibility index (Phi) is 3.86. The minimum absolute atomic E-state index is 0.262. The first-order valence-corrected chi connectivity index (χ1v) is 9.13. The summed E-state index contributed by atoms with van der Waals surface area (Å²) in [7, 11) is 0. The molecule has 4 aromatic rings. The second-order valence-corrected chi connectivity index (χ2v) is 7.23. The zero-order valence-corrected chi connectivity index (χ0v) is 15.2. The molecular weight excluding hydrogens is 388 g/mol. The quantitative estimate of drug-likeness (QED) is 0.476. The Bertz CT molecular complexity index is 1100. The molecule has 2 heterocycles. The summed E-state index contributed by atoms with van der Waals surface area (Å²) in [4.78, 5) is 17.5. The van der Waals surface area contributed by atoms with Gasteiger partial charge in [0, 0.05) is 16.4 Å². The average Bonchev–Trinajstić information content (AvgIpc) is 3.14. The average molecular weight is 401 g/mol. The summed E-state index contributed by atoms with van der Waals surface area (Å²) < 4.78 is 9.74. The molecular formula is C18H13BrN2O2S. The van der Waals surface area contributed by atoms with Gasteiger partial charge in [0.25, 0.3) is 0 Å². The van der Waals surface area contributed by atoms with Gasteiger partial charge >= 0.3 is 5.91 Å². The molecule has 2 aromatic heterocycles. The largest absolute Gasteiger partial charge is 0.451 e. The lowest BCUT2D eigenvalue weighted by Gasteiger charge is -1.99. The number of benzene rings is 2. The second-order valence-electron chi connectivity index (χ2n) is 5.31. The van der Waals surface area contributed by atoms with Gasteiger partial charge < -0.3 is 8.98 Å². The molecule has 0 fully saturated rings. The van der Waals surface area contributed by atoms with Gasteiger partial charge in [-0.2, -0.15) is 4.99 Å². The smallest absolute Gasteiger partial charge is 0.315 e. The molecule has 4 nitrogen and oxygen atoms in total. The van der Waals surface area contributed by atoms with Crippen molar-refractivity contribution in [2.24, 2.45) is 4.99 Å².